The quantitative estimate of drug-likeness (QED) is 0.653. The Labute approximate surface area is 165 Å². The van der Waals surface area contributed by atoms with Crippen molar-refractivity contribution < 1.29 is 9.90 Å². The van der Waals surface area contributed by atoms with Crippen molar-refractivity contribution in [1.29, 1.82) is 0 Å². The Morgan fingerprint density at radius 2 is 1.82 bits per heavy atom. The van der Waals surface area contributed by atoms with Gasteiger partial charge in [0.15, 0.2) is 0 Å². The van der Waals surface area contributed by atoms with Gasteiger partial charge >= 0.3 is 0 Å². The molecule has 0 radical (unpaired) electrons. The van der Waals surface area contributed by atoms with Crippen LogP contribution in [0.15, 0.2) is 65.8 Å². The van der Waals surface area contributed by atoms with Gasteiger partial charge in [-0.1, -0.05) is 67.6 Å². The average molecular weight is 376 g/mol. The Kier molecular flexibility index (Phi) is 4.71. The molecule has 2 N–H and O–H groups in total. The Balaban J connectivity index is 1.78. The summed E-state index contributed by atoms with van der Waals surface area (Å²) in [6, 6.07) is 20.1. The van der Waals surface area contributed by atoms with Crippen LogP contribution in [0.1, 0.15) is 30.9 Å². The number of aliphatic carboxylic acids is 1. The number of hydrogen-bond donors (Lipinski definition) is 1. The minimum Gasteiger partial charge on any atom is -0.549 e. The van der Waals surface area contributed by atoms with Crippen LogP contribution >= 0.6 is 0 Å². The summed E-state index contributed by atoms with van der Waals surface area (Å²) in [5, 5.41) is 16.8. The molecule has 2 aliphatic rings. The maximum atomic E-state index is 12.8. The van der Waals surface area contributed by atoms with E-state index in [2.05, 4.69) is 29.1 Å². The summed E-state index contributed by atoms with van der Waals surface area (Å²) in [7, 11) is 0. The Morgan fingerprint density at radius 1 is 1.18 bits per heavy atom. The summed E-state index contributed by atoms with van der Waals surface area (Å²) in [6.07, 6.45) is 1.40. The second kappa shape index (κ2) is 7.06. The molecule has 2 fully saturated rings. The van der Waals surface area contributed by atoms with Crippen LogP contribution in [0.3, 0.4) is 0 Å². The van der Waals surface area contributed by atoms with Crippen molar-refractivity contribution in [3.63, 3.8) is 0 Å². The largest absolute Gasteiger partial charge is 0.549 e. The van der Waals surface area contributed by atoms with E-state index in [9.17, 15) is 9.90 Å². The molecule has 3 unspecified atom stereocenters. The molecule has 3 atom stereocenters. The zero-order valence-electron chi connectivity index (χ0n) is 16.2. The topological polar surface area (TPSA) is 81.8 Å². The van der Waals surface area contributed by atoms with Gasteiger partial charge in [0.2, 0.25) is 0 Å². The lowest BCUT2D eigenvalue weighted by Crippen LogP contribution is -2.63. The van der Waals surface area contributed by atoms with Crippen LogP contribution in [0.25, 0.3) is 0 Å². The highest BCUT2D eigenvalue weighted by Gasteiger charge is 2.62. The van der Waals surface area contributed by atoms with Gasteiger partial charge in [0.25, 0.3) is 0 Å². The molecule has 1 saturated carbocycles. The van der Waals surface area contributed by atoms with Crippen LogP contribution in [0.5, 0.6) is 0 Å². The predicted molar refractivity (Wildman–Crippen MR) is 107 cm³/mol. The third kappa shape index (κ3) is 2.73. The average Bonchev–Trinajstić information content (AvgIpc) is 3.11. The van der Waals surface area contributed by atoms with Gasteiger partial charge in [-0.25, -0.2) is 0 Å². The minimum atomic E-state index is -1.06. The van der Waals surface area contributed by atoms with E-state index < -0.39 is 16.8 Å². The second-order valence-electron chi connectivity index (χ2n) is 8.29. The number of hydrogen-bond acceptors (Lipinski definition) is 5. The molecule has 4 rings (SSSR count). The lowest BCUT2D eigenvalue weighted by atomic mass is 9.50. The van der Waals surface area contributed by atoms with Crippen LogP contribution in [-0.2, 0) is 16.8 Å². The van der Waals surface area contributed by atoms with Crippen molar-refractivity contribution in [2.75, 3.05) is 13.1 Å². The number of hydrazone groups is 1. The zero-order chi connectivity index (χ0) is 19.8. The first-order valence-electron chi connectivity index (χ1n) is 9.81. The Hall–Kier alpha value is -2.66. The molecule has 146 valence electrons. The maximum Gasteiger partial charge on any atom is 0.0505 e. The number of fused-ring (bicyclic) bond motifs is 1. The standard InChI is InChI=1S/C23H27N3O2/c1-22(18-10-6-3-7-11-18)13-12-20(25-24)19-15-26(16-23(19,22)21(27)28)14-17-8-4-2-5-9-17/h2-11,19H,12-16,24H2,1H3,(H,27,28)/p-1/b25-20-. The molecule has 0 amide bonds. The lowest BCUT2D eigenvalue weighted by molar-refractivity contribution is -0.324. The lowest BCUT2D eigenvalue weighted by Gasteiger charge is -2.54. The molecule has 1 aliphatic heterocycles. The van der Waals surface area contributed by atoms with Crippen molar-refractivity contribution >= 4 is 11.7 Å². The number of carbonyl (C=O) groups excluding carboxylic acids is 1. The summed E-state index contributed by atoms with van der Waals surface area (Å²) in [5.41, 5.74) is 1.41. The molecule has 1 aliphatic carbocycles. The normalized spacial score (nSPS) is 31.6. The van der Waals surface area contributed by atoms with Crippen LogP contribution in [0.4, 0.5) is 0 Å². The van der Waals surface area contributed by atoms with Crippen molar-refractivity contribution in [1.82, 2.24) is 4.90 Å². The number of benzene rings is 2. The molecule has 5 nitrogen and oxygen atoms in total. The molecule has 1 saturated heterocycles. The molecular weight excluding hydrogens is 350 g/mol. The van der Waals surface area contributed by atoms with E-state index in [0.717, 1.165) is 11.3 Å². The first-order valence-corrected chi connectivity index (χ1v) is 9.81. The minimum absolute atomic E-state index is 0.245. The molecule has 5 heteroatoms. The molecule has 0 bridgehead atoms. The fourth-order valence-electron chi connectivity index (χ4n) is 5.42. The number of nitrogens with zero attached hydrogens (tertiary/aromatic N) is 2. The van der Waals surface area contributed by atoms with Gasteiger partial charge in [0.1, 0.15) is 0 Å². The molecule has 28 heavy (non-hydrogen) atoms. The number of nitrogens with two attached hydrogens (primary N) is 1. The van der Waals surface area contributed by atoms with Crippen molar-refractivity contribution in [3.8, 4) is 0 Å². The summed E-state index contributed by atoms with van der Waals surface area (Å²) >= 11 is 0. The molecular formula is C23H26N3O2-. The van der Waals surface area contributed by atoms with Gasteiger partial charge < -0.3 is 15.7 Å². The van der Waals surface area contributed by atoms with Crippen molar-refractivity contribution in [2.24, 2.45) is 22.3 Å². The Bertz CT molecular complexity index is 883. The number of rotatable bonds is 4. The molecule has 1 heterocycles. The third-order valence-electron chi connectivity index (χ3n) is 6.97. The van der Waals surface area contributed by atoms with E-state index in [1.807, 2.05) is 48.5 Å². The van der Waals surface area contributed by atoms with E-state index in [1.165, 1.54) is 5.56 Å². The van der Waals surface area contributed by atoms with Crippen molar-refractivity contribution in [3.05, 3.63) is 71.8 Å². The number of carboxylic acids is 1. The van der Waals surface area contributed by atoms with Gasteiger partial charge in [0.05, 0.1) is 5.97 Å². The third-order valence-corrected chi connectivity index (χ3v) is 6.97. The molecule has 2 aromatic carbocycles. The highest BCUT2D eigenvalue weighted by atomic mass is 16.4. The van der Waals surface area contributed by atoms with Gasteiger partial charge in [-0.3, -0.25) is 4.90 Å². The fourth-order valence-corrected chi connectivity index (χ4v) is 5.42. The monoisotopic (exact) mass is 376 g/mol. The highest BCUT2D eigenvalue weighted by Crippen LogP contribution is 2.57. The number of carboxylic acid groups (broad SMARTS) is 1. The maximum absolute atomic E-state index is 12.8. The predicted octanol–water partition coefficient (Wildman–Crippen LogP) is 1.92. The van der Waals surface area contributed by atoms with E-state index in [1.54, 1.807) is 0 Å². The van der Waals surface area contributed by atoms with Crippen LogP contribution in [0, 0.1) is 11.3 Å². The summed E-state index contributed by atoms with van der Waals surface area (Å²) in [5.74, 6) is 4.45. The second-order valence-corrected chi connectivity index (χ2v) is 8.29. The fraction of sp³-hybridized carbons (Fsp3) is 0.391. The van der Waals surface area contributed by atoms with Gasteiger partial charge in [0, 0.05) is 42.1 Å². The highest BCUT2D eigenvalue weighted by molar-refractivity contribution is 5.95. The summed E-state index contributed by atoms with van der Waals surface area (Å²) in [4.78, 5) is 15.0. The van der Waals surface area contributed by atoms with Crippen molar-refractivity contribution in [2.45, 2.75) is 31.7 Å². The van der Waals surface area contributed by atoms with Gasteiger partial charge in [-0.15, -0.1) is 0 Å². The van der Waals surface area contributed by atoms with Crippen LogP contribution in [-0.4, -0.2) is 29.7 Å². The molecule has 0 aromatic heterocycles. The van der Waals surface area contributed by atoms with E-state index >= 15 is 0 Å². The smallest absolute Gasteiger partial charge is 0.0505 e. The summed E-state index contributed by atoms with van der Waals surface area (Å²) in [6.45, 7) is 3.83. The Morgan fingerprint density at radius 3 is 2.43 bits per heavy atom. The molecule has 2 aromatic rings. The first-order chi connectivity index (χ1) is 13.5. The van der Waals surface area contributed by atoms with Gasteiger partial charge in [-0.2, -0.15) is 5.10 Å². The first kappa shape index (κ1) is 18.7. The van der Waals surface area contributed by atoms with Crippen LogP contribution in [0.2, 0.25) is 0 Å². The number of likely N-dealkylation sites (tertiary alicyclic amines) is 1. The summed E-state index contributed by atoms with van der Waals surface area (Å²) < 4.78 is 0. The van der Waals surface area contributed by atoms with E-state index in [4.69, 9.17) is 5.84 Å². The van der Waals surface area contributed by atoms with E-state index in [-0.39, 0.29) is 5.92 Å². The zero-order valence-corrected chi connectivity index (χ0v) is 16.2. The molecule has 0 spiro atoms. The SMILES string of the molecule is CC1(c2ccccc2)CC/C(=N/N)C2CN(Cc3ccccc3)CC21C(=O)[O-]. The van der Waals surface area contributed by atoms with E-state index in [0.29, 0.717) is 32.5 Å². The number of carbonyl (C=O) groups is 1. The van der Waals surface area contributed by atoms with Crippen LogP contribution < -0.4 is 10.9 Å². The van der Waals surface area contributed by atoms with Gasteiger partial charge in [-0.05, 0) is 24.0 Å².